The SMILES string of the molecule is OB(O)c1cc(S)cc2c(F)csc12. The summed E-state index contributed by atoms with van der Waals surface area (Å²) in [5, 5.41) is 19.8. The smallest absolute Gasteiger partial charge is 0.423 e. The number of hydrogen-bond acceptors (Lipinski definition) is 4. The zero-order valence-electron chi connectivity index (χ0n) is 6.94. The normalized spacial score (nSPS) is 10.9. The Hall–Kier alpha value is -0.555. The van der Waals surface area contributed by atoms with Crippen molar-refractivity contribution in [2.45, 2.75) is 4.90 Å². The molecule has 0 aliphatic carbocycles. The van der Waals surface area contributed by atoms with E-state index >= 15 is 0 Å². The van der Waals surface area contributed by atoms with Crippen LogP contribution in [-0.2, 0) is 0 Å². The molecule has 2 aromatic rings. The van der Waals surface area contributed by atoms with Gasteiger partial charge >= 0.3 is 7.12 Å². The number of benzene rings is 1. The first-order chi connectivity index (χ1) is 6.59. The van der Waals surface area contributed by atoms with Gasteiger partial charge in [-0.25, -0.2) is 4.39 Å². The molecule has 0 spiro atoms. The van der Waals surface area contributed by atoms with E-state index in [1.807, 2.05) is 0 Å². The molecule has 0 saturated heterocycles. The van der Waals surface area contributed by atoms with Crippen molar-refractivity contribution in [3.05, 3.63) is 23.3 Å². The van der Waals surface area contributed by atoms with Gasteiger partial charge in [-0.3, -0.25) is 0 Å². The highest BCUT2D eigenvalue weighted by Crippen LogP contribution is 2.25. The second kappa shape index (κ2) is 3.54. The molecule has 0 unspecified atom stereocenters. The van der Waals surface area contributed by atoms with Crippen LogP contribution in [0.3, 0.4) is 0 Å². The molecule has 1 aromatic heterocycles. The van der Waals surface area contributed by atoms with E-state index in [0.29, 0.717) is 20.4 Å². The Balaban J connectivity index is 2.82. The minimum Gasteiger partial charge on any atom is -0.423 e. The molecule has 0 saturated carbocycles. The molecule has 0 radical (unpaired) electrons. The Kier molecular flexibility index (Phi) is 2.53. The van der Waals surface area contributed by atoms with Gasteiger partial charge in [0.05, 0.1) is 0 Å². The maximum atomic E-state index is 13.2. The van der Waals surface area contributed by atoms with E-state index in [4.69, 9.17) is 10.0 Å². The first-order valence-electron chi connectivity index (χ1n) is 3.85. The molecule has 1 heterocycles. The van der Waals surface area contributed by atoms with E-state index in [0.717, 1.165) is 11.3 Å². The zero-order chi connectivity index (χ0) is 10.3. The molecule has 1 aromatic carbocycles. The molecule has 0 bridgehead atoms. The van der Waals surface area contributed by atoms with Gasteiger partial charge in [0.25, 0.3) is 0 Å². The highest BCUT2D eigenvalue weighted by Gasteiger charge is 2.18. The van der Waals surface area contributed by atoms with Crippen molar-refractivity contribution in [3.8, 4) is 0 Å². The van der Waals surface area contributed by atoms with Crippen LogP contribution in [0.15, 0.2) is 22.4 Å². The summed E-state index contributed by atoms with van der Waals surface area (Å²) in [5.74, 6) is -0.359. The van der Waals surface area contributed by atoms with Gasteiger partial charge in [-0.05, 0) is 12.1 Å². The summed E-state index contributed by atoms with van der Waals surface area (Å²) < 4.78 is 13.7. The van der Waals surface area contributed by atoms with Crippen LogP contribution in [0.5, 0.6) is 0 Å². The van der Waals surface area contributed by atoms with Crippen LogP contribution in [0.2, 0.25) is 0 Å². The lowest BCUT2D eigenvalue weighted by molar-refractivity contribution is 0.426. The lowest BCUT2D eigenvalue weighted by Crippen LogP contribution is -2.30. The van der Waals surface area contributed by atoms with Crippen molar-refractivity contribution in [1.29, 1.82) is 0 Å². The number of thiophene rings is 1. The quantitative estimate of drug-likeness (QED) is 0.503. The summed E-state index contributed by atoms with van der Waals surface area (Å²) in [5.41, 5.74) is 0.293. The fourth-order valence-electron chi connectivity index (χ4n) is 1.31. The Morgan fingerprint density at radius 3 is 2.71 bits per heavy atom. The fraction of sp³-hybridized carbons (Fsp3) is 0. The third kappa shape index (κ3) is 1.54. The molecular formula is C8H6BFO2S2. The maximum absolute atomic E-state index is 13.2. The number of thiol groups is 1. The monoisotopic (exact) mass is 228 g/mol. The van der Waals surface area contributed by atoms with Crippen molar-refractivity contribution in [2.24, 2.45) is 0 Å². The van der Waals surface area contributed by atoms with Crippen molar-refractivity contribution >= 4 is 46.6 Å². The minimum atomic E-state index is -1.59. The van der Waals surface area contributed by atoms with Crippen LogP contribution >= 0.6 is 24.0 Å². The van der Waals surface area contributed by atoms with Crippen LogP contribution in [0.25, 0.3) is 10.1 Å². The van der Waals surface area contributed by atoms with E-state index < -0.39 is 7.12 Å². The van der Waals surface area contributed by atoms with E-state index in [9.17, 15) is 4.39 Å². The summed E-state index contributed by atoms with van der Waals surface area (Å²) in [7, 11) is -1.59. The number of halogens is 1. The van der Waals surface area contributed by atoms with Gasteiger partial charge in [0.1, 0.15) is 5.82 Å². The van der Waals surface area contributed by atoms with Crippen molar-refractivity contribution in [2.75, 3.05) is 0 Å². The highest BCUT2D eigenvalue weighted by atomic mass is 32.1. The molecule has 2 N–H and O–H groups in total. The highest BCUT2D eigenvalue weighted by molar-refractivity contribution is 7.80. The average Bonchev–Trinajstić information content (AvgIpc) is 2.47. The van der Waals surface area contributed by atoms with E-state index in [2.05, 4.69) is 12.6 Å². The second-order valence-electron chi connectivity index (χ2n) is 2.87. The first kappa shape index (κ1) is 9.98. The Morgan fingerprint density at radius 1 is 1.36 bits per heavy atom. The number of rotatable bonds is 1. The molecule has 2 nitrogen and oxygen atoms in total. The summed E-state index contributed by atoms with van der Waals surface area (Å²) >= 11 is 5.21. The standard InChI is InChI=1S/C8H6BFO2S2/c10-7-3-14-8-5(7)1-4(13)2-6(8)9(11)12/h1-3,11-13H. The summed E-state index contributed by atoms with van der Waals surface area (Å²) in [6.45, 7) is 0. The van der Waals surface area contributed by atoms with E-state index in [1.54, 1.807) is 6.07 Å². The van der Waals surface area contributed by atoms with Gasteiger partial charge < -0.3 is 10.0 Å². The molecule has 6 heteroatoms. The molecule has 14 heavy (non-hydrogen) atoms. The summed E-state index contributed by atoms with van der Waals surface area (Å²) in [4.78, 5) is 0.512. The third-order valence-corrected chi connectivity index (χ3v) is 3.19. The van der Waals surface area contributed by atoms with Gasteiger partial charge in [0, 0.05) is 25.8 Å². The predicted octanol–water partition coefficient (Wildman–Crippen LogP) is 1.01. The van der Waals surface area contributed by atoms with Crippen LogP contribution in [0.4, 0.5) is 4.39 Å². The zero-order valence-corrected chi connectivity index (χ0v) is 8.65. The lowest BCUT2D eigenvalue weighted by Gasteiger charge is -2.02. The van der Waals surface area contributed by atoms with Gasteiger partial charge in [0.15, 0.2) is 0 Å². The molecule has 0 atom stereocenters. The molecule has 0 amide bonds. The predicted molar refractivity (Wildman–Crippen MR) is 58.9 cm³/mol. The van der Waals surface area contributed by atoms with Gasteiger partial charge in [0.2, 0.25) is 0 Å². The molecule has 0 fully saturated rings. The molecular weight excluding hydrogens is 222 g/mol. The first-order valence-corrected chi connectivity index (χ1v) is 5.18. The summed E-state index contributed by atoms with van der Waals surface area (Å²) in [6, 6.07) is 3.09. The minimum absolute atomic E-state index is 0.293. The van der Waals surface area contributed by atoms with Gasteiger partial charge in [-0.1, -0.05) is 0 Å². The number of fused-ring (bicyclic) bond motifs is 1. The average molecular weight is 228 g/mol. The summed E-state index contributed by atoms with van der Waals surface area (Å²) in [6.07, 6.45) is 0. The Bertz CT molecular complexity index is 483. The lowest BCUT2D eigenvalue weighted by atomic mass is 9.80. The van der Waals surface area contributed by atoms with Crippen LogP contribution in [-0.4, -0.2) is 17.2 Å². The van der Waals surface area contributed by atoms with E-state index in [-0.39, 0.29) is 5.82 Å². The van der Waals surface area contributed by atoms with Crippen molar-refractivity contribution in [3.63, 3.8) is 0 Å². The fourth-order valence-corrected chi connectivity index (χ4v) is 2.51. The second-order valence-corrected chi connectivity index (χ2v) is 4.27. The third-order valence-electron chi connectivity index (χ3n) is 1.92. The van der Waals surface area contributed by atoms with Crippen molar-refractivity contribution in [1.82, 2.24) is 0 Å². The van der Waals surface area contributed by atoms with Crippen LogP contribution < -0.4 is 5.46 Å². The maximum Gasteiger partial charge on any atom is 0.489 e. The van der Waals surface area contributed by atoms with Crippen LogP contribution in [0.1, 0.15) is 0 Å². The topological polar surface area (TPSA) is 40.5 Å². The molecule has 0 aliphatic heterocycles. The number of hydrogen-bond donors (Lipinski definition) is 3. The van der Waals surface area contributed by atoms with Gasteiger partial charge in [-0.15, -0.1) is 24.0 Å². The van der Waals surface area contributed by atoms with E-state index in [1.165, 1.54) is 11.4 Å². The molecule has 0 aliphatic rings. The Morgan fingerprint density at radius 2 is 2.07 bits per heavy atom. The van der Waals surface area contributed by atoms with Crippen molar-refractivity contribution < 1.29 is 14.4 Å². The molecule has 2 rings (SSSR count). The molecule has 72 valence electrons. The van der Waals surface area contributed by atoms with Gasteiger partial charge in [-0.2, -0.15) is 0 Å². The largest absolute Gasteiger partial charge is 0.489 e. The Labute approximate surface area is 89.6 Å². The van der Waals surface area contributed by atoms with Crippen LogP contribution in [0, 0.1) is 5.82 Å².